The molecule has 1 aromatic rings. The van der Waals surface area contributed by atoms with Gasteiger partial charge < -0.3 is 10.2 Å². The average molecular weight is 288 g/mol. The van der Waals surface area contributed by atoms with Crippen LogP contribution in [0.1, 0.15) is 56.0 Å². The van der Waals surface area contributed by atoms with Crippen LogP contribution in [0.5, 0.6) is 0 Å². The van der Waals surface area contributed by atoms with Crippen molar-refractivity contribution in [3.63, 3.8) is 0 Å². The number of hydrogen-bond donors (Lipinski definition) is 1. The van der Waals surface area contributed by atoms with Gasteiger partial charge in [0.25, 0.3) is 5.91 Å². The highest BCUT2D eigenvalue weighted by Crippen LogP contribution is 2.31. The zero-order chi connectivity index (χ0) is 15.4. The minimum absolute atomic E-state index is 0.163. The van der Waals surface area contributed by atoms with E-state index in [9.17, 15) is 4.79 Å². The van der Waals surface area contributed by atoms with Crippen molar-refractivity contribution < 1.29 is 4.79 Å². The summed E-state index contributed by atoms with van der Waals surface area (Å²) >= 11 is 0. The standard InChI is InChI=1S/C18H28N2O/c1-5-10-19-17-11-14(4)6-9-16(17)18(21)20(13(2)3)12-15-7-8-15/h6,9,11,13,15,19H,5,7-8,10,12H2,1-4H3. The number of benzene rings is 1. The van der Waals surface area contributed by atoms with E-state index in [4.69, 9.17) is 0 Å². The van der Waals surface area contributed by atoms with E-state index in [1.807, 2.05) is 17.0 Å². The third-order valence-electron chi connectivity index (χ3n) is 4.01. The zero-order valence-corrected chi connectivity index (χ0v) is 13.8. The molecule has 1 aromatic carbocycles. The van der Waals surface area contributed by atoms with E-state index in [1.165, 1.54) is 18.4 Å². The van der Waals surface area contributed by atoms with Crippen molar-refractivity contribution in [2.24, 2.45) is 5.92 Å². The van der Waals surface area contributed by atoms with Gasteiger partial charge in [-0.15, -0.1) is 0 Å². The first-order valence-electron chi connectivity index (χ1n) is 8.18. The van der Waals surface area contributed by atoms with E-state index in [0.717, 1.165) is 30.8 Å². The maximum absolute atomic E-state index is 12.9. The molecule has 116 valence electrons. The number of amides is 1. The average Bonchev–Trinajstić information content (AvgIpc) is 3.25. The summed E-state index contributed by atoms with van der Waals surface area (Å²) in [5.74, 6) is 0.879. The molecule has 0 bridgehead atoms. The number of rotatable bonds is 7. The highest BCUT2D eigenvalue weighted by molar-refractivity contribution is 6.00. The second-order valence-electron chi connectivity index (χ2n) is 6.47. The van der Waals surface area contributed by atoms with Gasteiger partial charge in [-0.3, -0.25) is 4.79 Å². The summed E-state index contributed by atoms with van der Waals surface area (Å²) in [5, 5.41) is 3.40. The number of anilines is 1. The van der Waals surface area contributed by atoms with Crippen LogP contribution in [-0.4, -0.2) is 29.9 Å². The van der Waals surface area contributed by atoms with Crippen LogP contribution < -0.4 is 5.32 Å². The number of carbonyl (C=O) groups excluding carboxylic acids is 1. The number of aryl methyl sites for hydroxylation is 1. The molecule has 1 fully saturated rings. The predicted octanol–water partition coefficient (Wildman–Crippen LogP) is 4.08. The first-order valence-corrected chi connectivity index (χ1v) is 8.18. The van der Waals surface area contributed by atoms with Crippen LogP contribution in [0.4, 0.5) is 5.69 Å². The third kappa shape index (κ3) is 4.23. The Balaban J connectivity index is 2.22. The van der Waals surface area contributed by atoms with Gasteiger partial charge in [0.05, 0.1) is 5.56 Å². The SMILES string of the molecule is CCCNc1cc(C)ccc1C(=O)N(CC1CC1)C(C)C. The Morgan fingerprint density at radius 1 is 1.38 bits per heavy atom. The maximum Gasteiger partial charge on any atom is 0.256 e. The summed E-state index contributed by atoms with van der Waals surface area (Å²) in [6, 6.07) is 6.33. The highest BCUT2D eigenvalue weighted by atomic mass is 16.2. The Morgan fingerprint density at radius 2 is 2.10 bits per heavy atom. The molecule has 0 saturated heterocycles. The Hall–Kier alpha value is -1.51. The summed E-state index contributed by atoms with van der Waals surface area (Å²) in [6.45, 7) is 10.2. The van der Waals surface area contributed by atoms with E-state index in [-0.39, 0.29) is 11.9 Å². The second kappa shape index (κ2) is 6.97. The molecule has 1 aliphatic rings. The van der Waals surface area contributed by atoms with Crippen molar-refractivity contribution in [1.29, 1.82) is 0 Å². The molecule has 0 radical (unpaired) electrons. The number of nitrogens with one attached hydrogen (secondary N) is 1. The van der Waals surface area contributed by atoms with Crippen LogP contribution in [0.2, 0.25) is 0 Å². The summed E-state index contributed by atoms with van der Waals surface area (Å²) < 4.78 is 0. The van der Waals surface area contributed by atoms with Gasteiger partial charge >= 0.3 is 0 Å². The molecule has 0 heterocycles. The zero-order valence-electron chi connectivity index (χ0n) is 13.8. The van der Waals surface area contributed by atoms with E-state index < -0.39 is 0 Å². The fourth-order valence-corrected chi connectivity index (χ4v) is 2.51. The van der Waals surface area contributed by atoms with Gasteiger partial charge in [0, 0.05) is 24.8 Å². The highest BCUT2D eigenvalue weighted by Gasteiger charge is 2.29. The summed E-state index contributed by atoms with van der Waals surface area (Å²) in [5.41, 5.74) is 2.97. The van der Waals surface area contributed by atoms with Gasteiger partial charge in [-0.05, 0) is 63.6 Å². The first-order chi connectivity index (χ1) is 10.0. The smallest absolute Gasteiger partial charge is 0.256 e. The molecule has 1 saturated carbocycles. The molecule has 2 rings (SSSR count). The lowest BCUT2D eigenvalue weighted by Crippen LogP contribution is -2.38. The van der Waals surface area contributed by atoms with Gasteiger partial charge in [0.2, 0.25) is 0 Å². The number of carbonyl (C=O) groups is 1. The maximum atomic E-state index is 12.9. The topological polar surface area (TPSA) is 32.3 Å². The van der Waals surface area contributed by atoms with Crippen LogP contribution in [0, 0.1) is 12.8 Å². The lowest BCUT2D eigenvalue weighted by molar-refractivity contribution is 0.0697. The molecule has 0 unspecified atom stereocenters. The summed E-state index contributed by atoms with van der Waals surface area (Å²) in [4.78, 5) is 15.0. The molecular formula is C18H28N2O. The van der Waals surface area contributed by atoms with Crippen LogP contribution in [-0.2, 0) is 0 Å². The number of nitrogens with zero attached hydrogens (tertiary/aromatic N) is 1. The van der Waals surface area contributed by atoms with E-state index in [0.29, 0.717) is 5.92 Å². The lowest BCUT2D eigenvalue weighted by Gasteiger charge is -2.28. The molecule has 1 amide bonds. The van der Waals surface area contributed by atoms with Gasteiger partial charge in [0.15, 0.2) is 0 Å². The normalized spacial score (nSPS) is 14.3. The largest absolute Gasteiger partial charge is 0.384 e. The van der Waals surface area contributed by atoms with Crippen LogP contribution in [0.25, 0.3) is 0 Å². The Kier molecular flexibility index (Phi) is 5.27. The fourth-order valence-electron chi connectivity index (χ4n) is 2.51. The van der Waals surface area contributed by atoms with Crippen molar-refractivity contribution in [3.05, 3.63) is 29.3 Å². The second-order valence-corrected chi connectivity index (χ2v) is 6.47. The van der Waals surface area contributed by atoms with Crippen molar-refractivity contribution in [2.75, 3.05) is 18.4 Å². The molecule has 0 spiro atoms. The van der Waals surface area contributed by atoms with Crippen molar-refractivity contribution in [2.45, 2.75) is 53.0 Å². The molecule has 0 aromatic heterocycles. The van der Waals surface area contributed by atoms with Crippen LogP contribution >= 0.6 is 0 Å². The third-order valence-corrected chi connectivity index (χ3v) is 4.01. The summed E-state index contributed by atoms with van der Waals surface area (Å²) in [7, 11) is 0. The molecule has 21 heavy (non-hydrogen) atoms. The Morgan fingerprint density at radius 3 is 2.67 bits per heavy atom. The molecule has 1 N–H and O–H groups in total. The van der Waals surface area contributed by atoms with E-state index in [1.54, 1.807) is 0 Å². The molecule has 3 heteroatoms. The van der Waals surface area contributed by atoms with E-state index in [2.05, 4.69) is 39.1 Å². The van der Waals surface area contributed by atoms with E-state index >= 15 is 0 Å². The molecule has 0 atom stereocenters. The van der Waals surface area contributed by atoms with Crippen molar-refractivity contribution in [1.82, 2.24) is 4.90 Å². The predicted molar refractivity (Wildman–Crippen MR) is 88.9 cm³/mol. The fraction of sp³-hybridized carbons (Fsp3) is 0.611. The molecular weight excluding hydrogens is 260 g/mol. The minimum atomic E-state index is 0.163. The van der Waals surface area contributed by atoms with Crippen LogP contribution in [0.15, 0.2) is 18.2 Å². The van der Waals surface area contributed by atoms with Gasteiger partial charge in [-0.2, -0.15) is 0 Å². The van der Waals surface area contributed by atoms with Crippen molar-refractivity contribution >= 4 is 11.6 Å². The van der Waals surface area contributed by atoms with Gasteiger partial charge in [-0.25, -0.2) is 0 Å². The van der Waals surface area contributed by atoms with Gasteiger partial charge in [-0.1, -0.05) is 13.0 Å². The molecule has 0 aliphatic heterocycles. The quantitative estimate of drug-likeness (QED) is 0.820. The molecule has 3 nitrogen and oxygen atoms in total. The molecule has 1 aliphatic carbocycles. The first kappa shape index (κ1) is 15.9. The summed E-state index contributed by atoms with van der Waals surface area (Å²) in [6.07, 6.45) is 3.59. The van der Waals surface area contributed by atoms with Crippen molar-refractivity contribution in [3.8, 4) is 0 Å². The number of hydrogen-bond acceptors (Lipinski definition) is 2. The van der Waals surface area contributed by atoms with Gasteiger partial charge in [0.1, 0.15) is 0 Å². The Bertz CT molecular complexity index is 492. The Labute approximate surface area is 128 Å². The lowest BCUT2D eigenvalue weighted by atomic mass is 10.1. The monoisotopic (exact) mass is 288 g/mol. The van der Waals surface area contributed by atoms with Crippen LogP contribution in [0.3, 0.4) is 0 Å². The minimum Gasteiger partial charge on any atom is -0.384 e.